The van der Waals surface area contributed by atoms with Crippen molar-refractivity contribution in [1.29, 1.82) is 0 Å². The van der Waals surface area contributed by atoms with Gasteiger partial charge in [-0.2, -0.15) is 0 Å². The SMILES string of the molecule is Cc1nc2ccccc2c(C)c1C(=O)OCC(=O)NNC(=O)c1ccccc1F. The van der Waals surface area contributed by atoms with Crippen molar-refractivity contribution in [3.8, 4) is 0 Å². The molecule has 0 radical (unpaired) electrons. The molecule has 0 atom stereocenters. The third-order valence-corrected chi connectivity index (χ3v) is 4.31. The van der Waals surface area contributed by atoms with Crippen LogP contribution in [0.25, 0.3) is 10.9 Å². The number of nitrogens with zero attached hydrogens (tertiary/aromatic N) is 1. The highest BCUT2D eigenvalue weighted by atomic mass is 19.1. The summed E-state index contributed by atoms with van der Waals surface area (Å²) >= 11 is 0. The van der Waals surface area contributed by atoms with E-state index in [9.17, 15) is 18.8 Å². The van der Waals surface area contributed by atoms with Crippen molar-refractivity contribution in [2.45, 2.75) is 13.8 Å². The third-order valence-electron chi connectivity index (χ3n) is 4.31. The number of hydrazine groups is 1. The molecule has 0 bridgehead atoms. The van der Waals surface area contributed by atoms with Crippen LogP contribution in [0.2, 0.25) is 0 Å². The van der Waals surface area contributed by atoms with Crippen LogP contribution < -0.4 is 10.9 Å². The number of amides is 2. The molecule has 2 amide bonds. The molecule has 0 saturated heterocycles. The number of hydrogen-bond acceptors (Lipinski definition) is 5. The highest BCUT2D eigenvalue weighted by Crippen LogP contribution is 2.23. The molecule has 29 heavy (non-hydrogen) atoms. The fourth-order valence-corrected chi connectivity index (χ4v) is 2.91. The summed E-state index contributed by atoms with van der Waals surface area (Å²) in [6.07, 6.45) is 0. The highest BCUT2D eigenvalue weighted by Gasteiger charge is 2.19. The van der Waals surface area contributed by atoms with E-state index in [0.717, 1.165) is 17.0 Å². The molecule has 2 aromatic carbocycles. The molecular formula is C21H18FN3O4. The zero-order valence-corrected chi connectivity index (χ0v) is 15.8. The van der Waals surface area contributed by atoms with Crippen LogP contribution in [0, 0.1) is 19.7 Å². The monoisotopic (exact) mass is 395 g/mol. The van der Waals surface area contributed by atoms with E-state index < -0.39 is 30.2 Å². The molecule has 8 heteroatoms. The summed E-state index contributed by atoms with van der Waals surface area (Å²) in [5.41, 5.74) is 6.15. The first-order valence-electron chi connectivity index (χ1n) is 8.75. The van der Waals surface area contributed by atoms with Crippen LogP contribution in [0.3, 0.4) is 0 Å². The average molecular weight is 395 g/mol. The van der Waals surface area contributed by atoms with E-state index in [1.54, 1.807) is 13.8 Å². The van der Waals surface area contributed by atoms with Gasteiger partial charge in [-0.15, -0.1) is 0 Å². The quantitative estimate of drug-likeness (QED) is 0.523. The van der Waals surface area contributed by atoms with Crippen molar-refractivity contribution >= 4 is 28.7 Å². The zero-order valence-electron chi connectivity index (χ0n) is 15.8. The fourth-order valence-electron chi connectivity index (χ4n) is 2.91. The van der Waals surface area contributed by atoms with Gasteiger partial charge in [-0.05, 0) is 37.6 Å². The summed E-state index contributed by atoms with van der Waals surface area (Å²) < 4.78 is 18.6. The van der Waals surface area contributed by atoms with E-state index >= 15 is 0 Å². The predicted molar refractivity (Wildman–Crippen MR) is 104 cm³/mol. The van der Waals surface area contributed by atoms with Crippen molar-refractivity contribution in [1.82, 2.24) is 15.8 Å². The number of rotatable bonds is 4. The van der Waals surface area contributed by atoms with Gasteiger partial charge in [0.15, 0.2) is 6.61 Å². The molecule has 0 saturated carbocycles. The maximum atomic E-state index is 13.5. The van der Waals surface area contributed by atoms with Crippen LogP contribution in [-0.2, 0) is 9.53 Å². The number of benzene rings is 2. The lowest BCUT2D eigenvalue weighted by Gasteiger charge is -2.12. The molecule has 7 nitrogen and oxygen atoms in total. The molecule has 148 valence electrons. The molecular weight excluding hydrogens is 377 g/mol. The zero-order chi connectivity index (χ0) is 21.0. The van der Waals surface area contributed by atoms with Crippen LogP contribution in [-0.4, -0.2) is 29.4 Å². The van der Waals surface area contributed by atoms with E-state index in [-0.39, 0.29) is 11.1 Å². The number of esters is 1. The molecule has 0 spiro atoms. The van der Waals surface area contributed by atoms with E-state index in [2.05, 4.69) is 15.8 Å². The van der Waals surface area contributed by atoms with Crippen molar-refractivity contribution < 1.29 is 23.5 Å². The number of nitrogens with one attached hydrogen (secondary N) is 2. The number of halogens is 1. The van der Waals surface area contributed by atoms with Gasteiger partial charge >= 0.3 is 5.97 Å². The first-order chi connectivity index (χ1) is 13.9. The number of para-hydroxylation sites is 1. The molecule has 0 aliphatic heterocycles. The summed E-state index contributed by atoms with van der Waals surface area (Å²) in [5, 5.41) is 0.812. The summed E-state index contributed by atoms with van der Waals surface area (Å²) in [6.45, 7) is 2.84. The summed E-state index contributed by atoms with van der Waals surface area (Å²) in [7, 11) is 0. The van der Waals surface area contributed by atoms with Gasteiger partial charge in [-0.3, -0.25) is 25.4 Å². The van der Waals surface area contributed by atoms with Crippen LogP contribution in [0.1, 0.15) is 32.0 Å². The second-order valence-corrected chi connectivity index (χ2v) is 6.27. The topological polar surface area (TPSA) is 97.4 Å². The van der Waals surface area contributed by atoms with Gasteiger partial charge in [-0.1, -0.05) is 30.3 Å². The first-order valence-corrected chi connectivity index (χ1v) is 8.75. The Morgan fingerprint density at radius 2 is 1.69 bits per heavy atom. The number of fused-ring (bicyclic) bond motifs is 1. The number of ether oxygens (including phenoxy) is 1. The number of carbonyl (C=O) groups excluding carboxylic acids is 3. The van der Waals surface area contributed by atoms with Crippen LogP contribution in [0.15, 0.2) is 48.5 Å². The van der Waals surface area contributed by atoms with Gasteiger partial charge in [0.25, 0.3) is 11.8 Å². The normalized spacial score (nSPS) is 10.4. The van der Waals surface area contributed by atoms with Gasteiger partial charge in [-0.25, -0.2) is 9.18 Å². The minimum Gasteiger partial charge on any atom is -0.452 e. The molecule has 0 aliphatic carbocycles. The van der Waals surface area contributed by atoms with Crippen LogP contribution >= 0.6 is 0 Å². The average Bonchev–Trinajstić information content (AvgIpc) is 2.70. The Kier molecular flexibility index (Phi) is 5.82. The van der Waals surface area contributed by atoms with Crippen molar-refractivity contribution in [3.63, 3.8) is 0 Å². The van der Waals surface area contributed by atoms with Gasteiger partial charge in [0, 0.05) is 5.39 Å². The van der Waals surface area contributed by atoms with Crippen molar-refractivity contribution in [2.75, 3.05) is 6.61 Å². The van der Waals surface area contributed by atoms with Crippen molar-refractivity contribution in [3.05, 3.63) is 76.7 Å². The van der Waals surface area contributed by atoms with E-state index in [4.69, 9.17) is 4.74 Å². The van der Waals surface area contributed by atoms with Crippen LogP contribution in [0.5, 0.6) is 0 Å². The Morgan fingerprint density at radius 3 is 2.45 bits per heavy atom. The first kappa shape index (κ1) is 19.9. The molecule has 0 fully saturated rings. The molecule has 3 rings (SSSR count). The lowest BCUT2D eigenvalue weighted by molar-refractivity contribution is -0.125. The Morgan fingerprint density at radius 1 is 1.00 bits per heavy atom. The summed E-state index contributed by atoms with van der Waals surface area (Å²) in [4.78, 5) is 40.6. The number of pyridine rings is 1. The standard InChI is InChI=1S/C21H18FN3O4/c1-12-14-7-4-6-10-17(14)23-13(2)19(12)21(28)29-11-18(26)24-25-20(27)15-8-3-5-9-16(15)22/h3-10H,11H2,1-2H3,(H,24,26)(H,25,27). The predicted octanol–water partition coefficient (Wildman–Crippen LogP) is 2.61. The molecule has 3 aromatic rings. The molecule has 1 aromatic heterocycles. The highest BCUT2D eigenvalue weighted by molar-refractivity contribution is 5.99. The Balaban J connectivity index is 1.61. The van der Waals surface area contributed by atoms with E-state index in [1.807, 2.05) is 24.3 Å². The van der Waals surface area contributed by atoms with Crippen molar-refractivity contribution in [2.24, 2.45) is 0 Å². The van der Waals surface area contributed by atoms with Gasteiger partial charge in [0.2, 0.25) is 0 Å². The number of hydrogen-bond donors (Lipinski definition) is 2. The number of aromatic nitrogens is 1. The lowest BCUT2D eigenvalue weighted by Crippen LogP contribution is -2.43. The minimum atomic E-state index is -0.826. The smallest absolute Gasteiger partial charge is 0.340 e. The van der Waals surface area contributed by atoms with Crippen LogP contribution in [0.4, 0.5) is 4.39 Å². The van der Waals surface area contributed by atoms with Gasteiger partial charge in [0.05, 0.1) is 22.3 Å². The molecule has 2 N–H and O–H groups in total. The second-order valence-electron chi connectivity index (χ2n) is 6.27. The summed E-state index contributed by atoms with van der Waals surface area (Å²) in [6, 6.07) is 12.7. The molecule has 0 unspecified atom stereocenters. The maximum absolute atomic E-state index is 13.5. The van der Waals surface area contributed by atoms with E-state index in [1.165, 1.54) is 18.2 Å². The second kappa shape index (κ2) is 8.47. The third kappa shape index (κ3) is 4.37. The lowest BCUT2D eigenvalue weighted by atomic mass is 10.0. The fraction of sp³-hybridized carbons (Fsp3) is 0.143. The maximum Gasteiger partial charge on any atom is 0.340 e. The molecule has 1 heterocycles. The summed E-state index contributed by atoms with van der Waals surface area (Å²) in [5.74, 6) is -3.02. The Bertz CT molecular complexity index is 1110. The largest absolute Gasteiger partial charge is 0.452 e. The molecule has 0 aliphatic rings. The van der Waals surface area contributed by atoms with Gasteiger partial charge in [0.1, 0.15) is 5.82 Å². The Labute approximate surface area is 165 Å². The minimum absolute atomic E-state index is 0.224. The van der Waals surface area contributed by atoms with E-state index in [0.29, 0.717) is 11.3 Å². The number of carbonyl (C=O) groups is 3. The Hall–Kier alpha value is -3.81. The van der Waals surface area contributed by atoms with Gasteiger partial charge < -0.3 is 4.74 Å². The number of aryl methyl sites for hydroxylation is 2.